The van der Waals surface area contributed by atoms with E-state index in [1.54, 1.807) is 0 Å². The van der Waals surface area contributed by atoms with E-state index in [-0.39, 0.29) is 5.92 Å². The Morgan fingerprint density at radius 3 is 3.08 bits per heavy atom. The number of hydrogen-bond donors (Lipinski definition) is 2. The Labute approximate surface area is 79.6 Å². The van der Waals surface area contributed by atoms with Gasteiger partial charge in [0.05, 0.1) is 12.2 Å². The zero-order chi connectivity index (χ0) is 9.73. The highest BCUT2D eigenvalue weighted by atomic mass is 16.5. The molecule has 0 aliphatic heterocycles. The average molecular weight is 186 g/mol. The third-order valence-corrected chi connectivity index (χ3v) is 2.72. The highest BCUT2D eigenvalue weighted by Crippen LogP contribution is 2.29. The van der Waals surface area contributed by atoms with Crippen molar-refractivity contribution in [2.75, 3.05) is 13.3 Å². The van der Waals surface area contributed by atoms with Crippen molar-refractivity contribution in [1.29, 1.82) is 0 Å². The lowest BCUT2D eigenvalue weighted by Crippen LogP contribution is -2.52. The molecule has 0 fully saturated rings. The highest BCUT2D eigenvalue weighted by molar-refractivity contribution is 4.97. The molecule has 2 unspecified atom stereocenters. The van der Waals surface area contributed by atoms with E-state index in [1.807, 2.05) is 6.92 Å². The topological polar surface area (TPSA) is 57.1 Å². The van der Waals surface area contributed by atoms with Crippen LogP contribution < -0.4 is 5.73 Å². The number of aliphatic hydroxyl groups is 1. The van der Waals surface area contributed by atoms with E-state index in [9.17, 15) is 5.11 Å². The maximum Gasteiger partial charge on any atom is 0.178 e. The Hall–Kier alpha value is -0.380. The minimum absolute atomic E-state index is 0.240. The standard InChI is InChI=1S/C10H19NO2/c1-10(12)6-4-2-3-5-9(10)7-13-8-11/h2,4,9,12H,3,5-8,11H2,1H3/p+1. The first-order valence-electron chi connectivity index (χ1n) is 4.91. The largest absolute Gasteiger partial charge is 0.389 e. The second kappa shape index (κ2) is 4.74. The summed E-state index contributed by atoms with van der Waals surface area (Å²) in [5, 5.41) is 10.1. The summed E-state index contributed by atoms with van der Waals surface area (Å²) in [5.74, 6) is 0.240. The van der Waals surface area contributed by atoms with Crippen molar-refractivity contribution < 1.29 is 15.6 Å². The lowest BCUT2D eigenvalue weighted by atomic mass is 9.85. The predicted octanol–water partition coefficient (Wildman–Crippen LogP) is 0.310. The zero-order valence-electron chi connectivity index (χ0n) is 8.33. The van der Waals surface area contributed by atoms with Crippen LogP contribution in [-0.4, -0.2) is 24.0 Å². The molecule has 0 aromatic rings. The van der Waals surface area contributed by atoms with Gasteiger partial charge < -0.3 is 15.6 Å². The fourth-order valence-electron chi connectivity index (χ4n) is 1.70. The van der Waals surface area contributed by atoms with Crippen LogP contribution in [0.2, 0.25) is 0 Å². The molecule has 1 aliphatic rings. The molecule has 0 heterocycles. The monoisotopic (exact) mass is 186 g/mol. The molecule has 1 rings (SSSR count). The van der Waals surface area contributed by atoms with Gasteiger partial charge in [0.2, 0.25) is 0 Å². The van der Waals surface area contributed by atoms with Gasteiger partial charge in [-0.05, 0) is 26.2 Å². The normalized spacial score (nSPS) is 34.5. The molecule has 0 radical (unpaired) electrons. The summed E-state index contributed by atoms with van der Waals surface area (Å²) >= 11 is 0. The molecule has 0 saturated heterocycles. The van der Waals surface area contributed by atoms with Crippen LogP contribution in [0.4, 0.5) is 0 Å². The van der Waals surface area contributed by atoms with E-state index >= 15 is 0 Å². The van der Waals surface area contributed by atoms with Gasteiger partial charge in [0.25, 0.3) is 0 Å². The molecule has 0 bridgehead atoms. The Bertz CT molecular complexity index is 178. The third kappa shape index (κ3) is 3.10. The van der Waals surface area contributed by atoms with Gasteiger partial charge >= 0.3 is 0 Å². The number of quaternary nitrogens is 1. The van der Waals surface area contributed by atoms with E-state index < -0.39 is 5.60 Å². The van der Waals surface area contributed by atoms with Gasteiger partial charge in [-0.3, -0.25) is 0 Å². The Morgan fingerprint density at radius 1 is 1.62 bits per heavy atom. The SMILES string of the molecule is CC1(O)CC=CCCC1COC[NH3+]. The number of allylic oxidation sites excluding steroid dienone is 1. The molecule has 0 amide bonds. The smallest absolute Gasteiger partial charge is 0.178 e. The third-order valence-electron chi connectivity index (χ3n) is 2.72. The zero-order valence-corrected chi connectivity index (χ0v) is 8.33. The molecular weight excluding hydrogens is 166 g/mol. The van der Waals surface area contributed by atoms with Crippen LogP contribution in [0.5, 0.6) is 0 Å². The van der Waals surface area contributed by atoms with Crippen molar-refractivity contribution in [3.63, 3.8) is 0 Å². The maximum absolute atomic E-state index is 10.1. The molecule has 0 aromatic heterocycles. The Morgan fingerprint density at radius 2 is 2.38 bits per heavy atom. The van der Waals surface area contributed by atoms with Gasteiger partial charge in [0.1, 0.15) is 0 Å². The van der Waals surface area contributed by atoms with Crippen molar-refractivity contribution in [2.24, 2.45) is 5.92 Å². The highest BCUT2D eigenvalue weighted by Gasteiger charge is 2.31. The first-order chi connectivity index (χ1) is 6.17. The quantitative estimate of drug-likeness (QED) is 0.492. The van der Waals surface area contributed by atoms with Gasteiger partial charge in [-0.15, -0.1) is 0 Å². The fraction of sp³-hybridized carbons (Fsp3) is 0.800. The molecule has 13 heavy (non-hydrogen) atoms. The van der Waals surface area contributed by atoms with Gasteiger partial charge in [-0.1, -0.05) is 12.2 Å². The summed E-state index contributed by atoms with van der Waals surface area (Å²) in [4.78, 5) is 0. The maximum atomic E-state index is 10.1. The van der Waals surface area contributed by atoms with Crippen LogP contribution in [0.1, 0.15) is 26.2 Å². The average Bonchev–Trinajstić information content (AvgIpc) is 2.23. The lowest BCUT2D eigenvalue weighted by molar-refractivity contribution is -0.432. The van der Waals surface area contributed by atoms with Crippen LogP contribution >= 0.6 is 0 Å². The fourth-order valence-corrected chi connectivity index (χ4v) is 1.70. The molecule has 1 aliphatic carbocycles. The van der Waals surface area contributed by atoms with Crippen molar-refractivity contribution in [1.82, 2.24) is 0 Å². The van der Waals surface area contributed by atoms with Crippen molar-refractivity contribution >= 4 is 0 Å². The van der Waals surface area contributed by atoms with Gasteiger partial charge in [0.15, 0.2) is 6.73 Å². The molecule has 76 valence electrons. The molecule has 0 saturated carbocycles. The van der Waals surface area contributed by atoms with E-state index in [1.165, 1.54) is 0 Å². The molecular formula is C10H20NO2+. The van der Waals surface area contributed by atoms with Gasteiger partial charge in [0, 0.05) is 5.92 Å². The molecule has 0 spiro atoms. The van der Waals surface area contributed by atoms with Crippen LogP contribution in [0.3, 0.4) is 0 Å². The summed E-state index contributed by atoms with van der Waals surface area (Å²) < 4.78 is 5.27. The van der Waals surface area contributed by atoms with Crippen LogP contribution in [-0.2, 0) is 4.74 Å². The molecule has 4 N–H and O–H groups in total. The van der Waals surface area contributed by atoms with E-state index in [4.69, 9.17) is 4.74 Å². The van der Waals surface area contributed by atoms with Gasteiger partial charge in [-0.2, -0.15) is 0 Å². The molecule has 2 atom stereocenters. The molecule has 3 heteroatoms. The molecule has 0 aromatic carbocycles. The second-order valence-electron chi connectivity index (χ2n) is 3.88. The summed E-state index contributed by atoms with van der Waals surface area (Å²) in [6, 6.07) is 0. The number of rotatable bonds is 3. The van der Waals surface area contributed by atoms with Crippen molar-refractivity contribution in [3.8, 4) is 0 Å². The van der Waals surface area contributed by atoms with E-state index in [0.717, 1.165) is 19.3 Å². The summed E-state index contributed by atoms with van der Waals surface area (Å²) in [5.41, 5.74) is 3.01. The van der Waals surface area contributed by atoms with E-state index in [2.05, 4.69) is 17.9 Å². The first kappa shape index (κ1) is 10.7. The lowest BCUT2D eigenvalue weighted by Gasteiger charge is -2.30. The molecule has 3 nitrogen and oxygen atoms in total. The van der Waals surface area contributed by atoms with Gasteiger partial charge in [-0.25, -0.2) is 0 Å². The summed E-state index contributed by atoms with van der Waals surface area (Å²) in [6.45, 7) is 3.00. The van der Waals surface area contributed by atoms with Crippen molar-refractivity contribution in [3.05, 3.63) is 12.2 Å². The minimum atomic E-state index is -0.609. The van der Waals surface area contributed by atoms with Crippen LogP contribution in [0.15, 0.2) is 12.2 Å². The number of ether oxygens (including phenoxy) is 1. The van der Waals surface area contributed by atoms with Crippen LogP contribution in [0, 0.1) is 5.92 Å². The summed E-state index contributed by atoms with van der Waals surface area (Å²) in [7, 11) is 0. The first-order valence-corrected chi connectivity index (χ1v) is 4.91. The number of hydrogen-bond acceptors (Lipinski definition) is 2. The van der Waals surface area contributed by atoms with Crippen molar-refractivity contribution in [2.45, 2.75) is 31.8 Å². The van der Waals surface area contributed by atoms with Crippen LogP contribution in [0.25, 0.3) is 0 Å². The summed E-state index contributed by atoms with van der Waals surface area (Å²) in [6.07, 6.45) is 6.98. The Balaban J connectivity index is 2.49. The second-order valence-corrected chi connectivity index (χ2v) is 3.88. The van der Waals surface area contributed by atoms with E-state index in [0.29, 0.717) is 13.3 Å². The minimum Gasteiger partial charge on any atom is -0.389 e. The Kier molecular flexibility index (Phi) is 3.90. The predicted molar refractivity (Wildman–Crippen MR) is 50.8 cm³/mol.